The molecule has 0 aliphatic heterocycles. The van der Waals surface area contributed by atoms with Crippen LogP contribution in [0.3, 0.4) is 0 Å². The minimum absolute atomic E-state index is 0.0960. The molecule has 0 fully saturated rings. The minimum atomic E-state index is -3.98. The first kappa shape index (κ1) is 23.6. The Balaban J connectivity index is 1.71. The van der Waals surface area contributed by atoms with Crippen LogP contribution in [0.1, 0.15) is 11.1 Å². The summed E-state index contributed by atoms with van der Waals surface area (Å²) in [5.41, 5.74) is 2.32. The highest BCUT2D eigenvalue weighted by atomic mass is 35.5. The van der Waals surface area contributed by atoms with Gasteiger partial charge in [0.15, 0.2) is 0 Å². The van der Waals surface area contributed by atoms with E-state index in [0.29, 0.717) is 16.5 Å². The molecule has 3 aromatic rings. The largest absolute Gasteiger partial charge is 0.492 e. The molecule has 0 radical (unpaired) electrons. The lowest BCUT2D eigenvalue weighted by Crippen LogP contribution is -2.41. The molecular weight excluding hydrogens is 448 g/mol. The van der Waals surface area contributed by atoms with Crippen LogP contribution in [-0.2, 0) is 14.8 Å². The lowest BCUT2D eigenvalue weighted by molar-refractivity contribution is -0.119. The molecule has 0 unspecified atom stereocenters. The van der Waals surface area contributed by atoms with Gasteiger partial charge in [0.05, 0.1) is 17.1 Å². The third-order valence-corrected chi connectivity index (χ3v) is 6.70. The van der Waals surface area contributed by atoms with E-state index in [4.69, 9.17) is 16.3 Å². The number of hydrogen-bond acceptors (Lipinski definition) is 4. The number of ether oxygens (including phenoxy) is 1. The molecule has 3 rings (SSSR count). The van der Waals surface area contributed by atoms with Crippen LogP contribution in [0.4, 0.5) is 5.69 Å². The van der Waals surface area contributed by atoms with Gasteiger partial charge in [0, 0.05) is 5.02 Å². The fraction of sp³-hybridized carbons (Fsp3) is 0.208. The van der Waals surface area contributed by atoms with E-state index in [1.807, 2.05) is 38.1 Å². The van der Waals surface area contributed by atoms with E-state index in [2.05, 4.69) is 5.32 Å². The summed E-state index contributed by atoms with van der Waals surface area (Å²) in [4.78, 5) is 12.7. The molecule has 0 heterocycles. The third-order valence-electron chi connectivity index (χ3n) is 4.67. The summed E-state index contributed by atoms with van der Waals surface area (Å²) in [6.07, 6.45) is 0. The minimum Gasteiger partial charge on any atom is -0.492 e. The first-order chi connectivity index (χ1) is 15.3. The van der Waals surface area contributed by atoms with Crippen molar-refractivity contribution in [3.63, 3.8) is 0 Å². The van der Waals surface area contributed by atoms with E-state index in [1.54, 1.807) is 30.3 Å². The van der Waals surface area contributed by atoms with Crippen LogP contribution >= 0.6 is 11.6 Å². The standard InChI is InChI=1S/C24H25ClN2O4S/c1-18-9-11-23(12-10-18)32(29,30)27(21-7-4-6-20(25)16-21)17-24(28)26-13-14-31-22-8-3-5-19(2)15-22/h3-12,15-16H,13-14,17H2,1-2H3,(H,26,28). The van der Waals surface area contributed by atoms with Crippen LogP contribution in [0, 0.1) is 13.8 Å². The normalized spacial score (nSPS) is 11.1. The predicted molar refractivity (Wildman–Crippen MR) is 127 cm³/mol. The molecule has 0 aliphatic carbocycles. The Kier molecular flexibility index (Phi) is 7.77. The third kappa shape index (κ3) is 6.24. The Hall–Kier alpha value is -3.03. The van der Waals surface area contributed by atoms with E-state index in [-0.39, 0.29) is 24.6 Å². The Bertz CT molecular complexity index is 1180. The molecule has 0 saturated carbocycles. The quantitative estimate of drug-likeness (QED) is 0.470. The highest BCUT2D eigenvalue weighted by Crippen LogP contribution is 2.26. The van der Waals surface area contributed by atoms with E-state index in [0.717, 1.165) is 15.4 Å². The number of sulfonamides is 1. The van der Waals surface area contributed by atoms with Gasteiger partial charge in [-0.15, -0.1) is 0 Å². The fourth-order valence-electron chi connectivity index (χ4n) is 3.03. The Labute approximate surface area is 193 Å². The fourth-order valence-corrected chi connectivity index (χ4v) is 4.63. The maximum absolute atomic E-state index is 13.3. The summed E-state index contributed by atoms with van der Waals surface area (Å²) >= 11 is 6.08. The molecule has 8 heteroatoms. The van der Waals surface area contributed by atoms with Gasteiger partial charge in [-0.25, -0.2) is 8.42 Å². The average Bonchev–Trinajstić information content (AvgIpc) is 2.75. The van der Waals surface area contributed by atoms with Crippen LogP contribution in [0.25, 0.3) is 0 Å². The molecule has 0 spiro atoms. The average molecular weight is 473 g/mol. The van der Waals surface area contributed by atoms with Crippen molar-refractivity contribution in [2.75, 3.05) is 24.0 Å². The van der Waals surface area contributed by atoms with Gasteiger partial charge in [0.2, 0.25) is 5.91 Å². The van der Waals surface area contributed by atoms with Crippen molar-refractivity contribution in [2.45, 2.75) is 18.7 Å². The summed E-state index contributed by atoms with van der Waals surface area (Å²) in [6.45, 7) is 3.95. The van der Waals surface area contributed by atoms with E-state index in [9.17, 15) is 13.2 Å². The number of benzene rings is 3. The molecule has 6 nitrogen and oxygen atoms in total. The van der Waals surface area contributed by atoms with Crippen LogP contribution < -0.4 is 14.4 Å². The van der Waals surface area contributed by atoms with Crippen LogP contribution in [0.5, 0.6) is 5.75 Å². The zero-order chi connectivity index (χ0) is 23.1. The molecule has 168 valence electrons. The first-order valence-electron chi connectivity index (χ1n) is 10.1. The van der Waals surface area contributed by atoms with Crippen molar-refractivity contribution >= 4 is 33.2 Å². The summed E-state index contributed by atoms with van der Waals surface area (Å²) in [5.74, 6) is 0.259. The number of anilines is 1. The lowest BCUT2D eigenvalue weighted by Gasteiger charge is -2.24. The Morgan fingerprint density at radius 3 is 2.38 bits per heavy atom. The predicted octanol–water partition coefficient (Wildman–Crippen LogP) is 4.35. The maximum atomic E-state index is 13.3. The monoisotopic (exact) mass is 472 g/mol. The Morgan fingerprint density at radius 2 is 1.69 bits per heavy atom. The van der Waals surface area contributed by atoms with Crippen molar-refractivity contribution in [1.82, 2.24) is 5.32 Å². The molecule has 32 heavy (non-hydrogen) atoms. The second-order valence-electron chi connectivity index (χ2n) is 7.32. The van der Waals surface area contributed by atoms with Gasteiger partial charge in [-0.1, -0.05) is 47.5 Å². The van der Waals surface area contributed by atoms with Crippen molar-refractivity contribution in [3.05, 3.63) is 88.9 Å². The van der Waals surface area contributed by atoms with Gasteiger partial charge < -0.3 is 10.1 Å². The highest BCUT2D eigenvalue weighted by molar-refractivity contribution is 7.92. The summed E-state index contributed by atoms with van der Waals surface area (Å²) < 4.78 is 33.3. The number of aryl methyl sites for hydroxylation is 2. The van der Waals surface area contributed by atoms with Gasteiger partial charge >= 0.3 is 0 Å². The number of rotatable bonds is 9. The first-order valence-corrected chi connectivity index (χ1v) is 11.9. The highest BCUT2D eigenvalue weighted by Gasteiger charge is 2.27. The van der Waals surface area contributed by atoms with Gasteiger partial charge in [-0.05, 0) is 61.9 Å². The summed E-state index contributed by atoms with van der Waals surface area (Å²) in [7, 11) is -3.98. The number of nitrogens with zero attached hydrogens (tertiary/aromatic N) is 1. The molecule has 1 N–H and O–H groups in total. The number of carbonyl (C=O) groups excluding carboxylic acids is 1. The van der Waals surface area contributed by atoms with Crippen LogP contribution in [0.15, 0.2) is 77.7 Å². The van der Waals surface area contributed by atoms with Crippen LogP contribution in [0.2, 0.25) is 5.02 Å². The van der Waals surface area contributed by atoms with Crippen molar-refractivity contribution < 1.29 is 17.9 Å². The van der Waals surface area contributed by atoms with Crippen molar-refractivity contribution in [1.29, 1.82) is 0 Å². The number of halogens is 1. The SMILES string of the molecule is Cc1ccc(S(=O)(=O)N(CC(=O)NCCOc2cccc(C)c2)c2cccc(Cl)c2)cc1. The van der Waals surface area contributed by atoms with Gasteiger partial charge in [0.1, 0.15) is 18.9 Å². The molecular formula is C24H25ClN2O4S. The molecule has 0 aliphatic rings. The lowest BCUT2D eigenvalue weighted by atomic mass is 10.2. The molecule has 0 aromatic heterocycles. The molecule has 3 aromatic carbocycles. The van der Waals surface area contributed by atoms with Crippen LogP contribution in [-0.4, -0.2) is 34.0 Å². The maximum Gasteiger partial charge on any atom is 0.264 e. The summed E-state index contributed by atoms with van der Waals surface area (Å²) in [5, 5.41) is 3.09. The van der Waals surface area contributed by atoms with Crippen molar-refractivity contribution in [3.8, 4) is 5.75 Å². The molecule has 0 bridgehead atoms. The second kappa shape index (κ2) is 10.5. The number of nitrogens with one attached hydrogen (secondary N) is 1. The topological polar surface area (TPSA) is 75.7 Å². The number of carbonyl (C=O) groups is 1. The molecule has 0 atom stereocenters. The Morgan fingerprint density at radius 1 is 0.969 bits per heavy atom. The van der Waals surface area contributed by atoms with Gasteiger partial charge in [0.25, 0.3) is 10.0 Å². The van der Waals surface area contributed by atoms with E-state index < -0.39 is 15.9 Å². The zero-order valence-electron chi connectivity index (χ0n) is 17.9. The number of hydrogen-bond donors (Lipinski definition) is 1. The summed E-state index contributed by atoms with van der Waals surface area (Å²) in [6, 6.07) is 20.5. The van der Waals surface area contributed by atoms with Gasteiger partial charge in [-0.2, -0.15) is 0 Å². The van der Waals surface area contributed by atoms with Gasteiger partial charge in [-0.3, -0.25) is 9.10 Å². The smallest absolute Gasteiger partial charge is 0.264 e. The van der Waals surface area contributed by atoms with E-state index in [1.165, 1.54) is 18.2 Å². The molecule has 0 saturated heterocycles. The van der Waals surface area contributed by atoms with E-state index >= 15 is 0 Å². The molecule has 1 amide bonds. The zero-order valence-corrected chi connectivity index (χ0v) is 19.5. The number of amides is 1. The van der Waals surface area contributed by atoms with Crippen molar-refractivity contribution in [2.24, 2.45) is 0 Å². The second-order valence-corrected chi connectivity index (χ2v) is 9.62.